The van der Waals surface area contributed by atoms with Crippen molar-refractivity contribution in [2.45, 2.75) is 136 Å². The summed E-state index contributed by atoms with van der Waals surface area (Å²) in [6.07, 6.45) is 4.87. The smallest absolute Gasteiger partial charge is 0.303 e. The molecule has 1 spiro atoms. The molecule has 11 nitrogen and oxygen atoms in total. The van der Waals surface area contributed by atoms with Gasteiger partial charge in [-0.05, 0) is 97.5 Å². The van der Waals surface area contributed by atoms with Crippen LogP contribution in [0.1, 0.15) is 120 Å². The van der Waals surface area contributed by atoms with E-state index in [2.05, 4.69) is 20.8 Å². The minimum Gasteiger partial charge on any atom is -0.463 e. The lowest BCUT2D eigenvalue weighted by atomic mass is 9.41. The lowest BCUT2D eigenvalue weighted by Gasteiger charge is -2.64. The monoisotopic (exact) mass is 693 g/mol. The maximum absolute atomic E-state index is 14.0. The summed E-state index contributed by atoms with van der Waals surface area (Å²) in [5.74, 6) is -1.64. The van der Waals surface area contributed by atoms with Crippen LogP contribution in [0.25, 0.3) is 0 Å². The largest absolute Gasteiger partial charge is 0.463 e. The van der Waals surface area contributed by atoms with E-state index in [-0.39, 0.29) is 40.6 Å². The Kier molecular flexibility index (Phi) is 8.93. The lowest BCUT2D eigenvalue weighted by Crippen LogP contribution is -2.68. The number of hydrogen-bond acceptors (Lipinski definition) is 10. The summed E-state index contributed by atoms with van der Waals surface area (Å²) >= 11 is 0. The molecular weight excluding hydrogens is 642 g/mol. The summed E-state index contributed by atoms with van der Waals surface area (Å²) in [5, 5.41) is 0. The molecule has 6 aliphatic rings. The van der Waals surface area contributed by atoms with E-state index in [4.69, 9.17) is 23.7 Å². The molecule has 2 heterocycles. The van der Waals surface area contributed by atoms with Crippen molar-refractivity contribution < 1.29 is 47.7 Å². The van der Waals surface area contributed by atoms with Gasteiger partial charge in [0.05, 0.1) is 17.2 Å². The minimum atomic E-state index is -1.36. The Hall–Kier alpha value is -3.31. The summed E-state index contributed by atoms with van der Waals surface area (Å²) < 4.78 is 30.4. The van der Waals surface area contributed by atoms with E-state index in [9.17, 15) is 24.0 Å². The second-order valence-corrected chi connectivity index (χ2v) is 16.8. The summed E-state index contributed by atoms with van der Waals surface area (Å²) in [6.45, 7) is 10.8. The molecule has 0 unspecified atom stereocenters. The van der Waals surface area contributed by atoms with Crippen LogP contribution in [0, 0.1) is 34.0 Å². The van der Waals surface area contributed by atoms with Crippen molar-refractivity contribution in [1.82, 2.24) is 4.90 Å². The van der Waals surface area contributed by atoms with Crippen molar-refractivity contribution in [1.29, 1.82) is 0 Å². The van der Waals surface area contributed by atoms with E-state index in [1.165, 1.54) is 46.5 Å². The molecule has 50 heavy (non-hydrogen) atoms. The quantitative estimate of drug-likeness (QED) is 0.201. The van der Waals surface area contributed by atoms with Gasteiger partial charge in [0.15, 0.2) is 18.5 Å². The molecule has 2 bridgehead atoms. The number of ether oxygens (including phenoxy) is 5. The van der Waals surface area contributed by atoms with Gasteiger partial charge in [-0.1, -0.05) is 39.3 Å². The molecule has 11 atom stereocenters. The number of benzene rings is 1. The average Bonchev–Trinajstić information content (AvgIpc) is 3.44. The first-order valence-corrected chi connectivity index (χ1v) is 18.4. The highest BCUT2D eigenvalue weighted by Gasteiger charge is 2.65. The number of rotatable bonds is 7. The molecule has 4 aliphatic carbocycles. The molecule has 1 aromatic rings. The Morgan fingerprint density at radius 2 is 1.48 bits per heavy atom. The van der Waals surface area contributed by atoms with Crippen molar-refractivity contribution in [3.8, 4) is 0 Å². The van der Waals surface area contributed by atoms with Crippen LogP contribution in [0.2, 0.25) is 0 Å². The van der Waals surface area contributed by atoms with Crippen molar-refractivity contribution in [2.75, 3.05) is 6.61 Å². The Morgan fingerprint density at radius 1 is 0.820 bits per heavy atom. The molecule has 2 amide bonds. The Labute approximate surface area is 294 Å². The van der Waals surface area contributed by atoms with E-state index in [1.54, 1.807) is 24.3 Å². The summed E-state index contributed by atoms with van der Waals surface area (Å²) in [4.78, 5) is 66.1. The summed E-state index contributed by atoms with van der Waals surface area (Å²) in [5.41, 5.74) is 1.12. The fraction of sp³-hybridized carbons (Fsp3) is 0.718. The van der Waals surface area contributed by atoms with Crippen LogP contribution in [0.3, 0.4) is 0 Å². The van der Waals surface area contributed by atoms with Crippen LogP contribution < -0.4 is 0 Å². The molecule has 0 radical (unpaired) electrons. The number of nitrogens with zero attached hydrogens (tertiary/aromatic N) is 1. The van der Waals surface area contributed by atoms with Gasteiger partial charge in [-0.15, -0.1) is 0 Å². The maximum atomic E-state index is 14.0. The molecule has 272 valence electrons. The van der Waals surface area contributed by atoms with Crippen molar-refractivity contribution in [3.05, 3.63) is 35.4 Å². The topological polar surface area (TPSA) is 135 Å². The van der Waals surface area contributed by atoms with Gasteiger partial charge in [0, 0.05) is 20.8 Å². The van der Waals surface area contributed by atoms with E-state index < -0.39 is 60.4 Å². The molecule has 0 N–H and O–H groups in total. The number of imide groups is 1. The highest BCUT2D eigenvalue weighted by Crippen LogP contribution is 2.71. The molecule has 1 aromatic carbocycles. The van der Waals surface area contributed by atoms with Gasteiger partial charge in [0.1, 0.15) is 18.8 Å². The molecule has 1 saturated heterocycles. The zero-order valence-corrected chi connectivity index (χ0v) is 30.1. The molecule has 7 rings (SSSR count). The second kappa shape index (κ2) is 12.7. The van der Waals surface area contributed by atoms with Gasteiger partial charge in [0.25, 0.3) is 11.8 Å². The Morgan fingerprint density at radius 3 is 2.12 bits per heavy atom. The number of hydrogen-bond donors (Lipinski definition) is 0. The third kappa shape index (κ3) is 5.76. The highest BCUT2D eigenvalue weighted by atomic mass is 16.7. The van der Waals surface area contributed by atoms with Crippen LogP contribution in [-0.2, 0) is 38.1 Å². The summed E-state index contributed by atoms with van der Waals surface area (Å²) in [6, 6.07) is 5.22. The number of fused-ring (bicyclic) bond motifs is 4. The van der Waals surface area contributed by atoms with Crippen LogP contribution in [0.4, 0.5) is 0 Å². The third-order valence-corrected chi connectivity index (χ3v) is 13.5. The predicted molar refractivity (Wildman–Crippen MR) is 178 cm³/mol. The van der Waals surface area contributed by atoms with E-state index >= 15 is 0 Å². The molecular formula is C39H51NO10. The number of esters is 3. The molecule has 0 aromatic heterocycles. The summed E-state index contributed by atoms with van der Waals surface area (Å²) in [7, 11) is 0. The fourth-order valence-corrected chi connectivity index (χ4v) is 11.8. The van der Waals surface area contributed by atoms with Gasteiger partial charge in [-0.25, -0.2) is 0 Å². The molecule has 2 aliphatic heterocycles. The second-order valence-electron chi connectivity index (χ2n) is 16.8. The highest BCUT2D eigenvalue weighted by molar-refractivity contribution is 6.21. The normalized spacial score (nSPS) is 40.0. The van der Waals surface area contributed by atoms with Crippen molar-refractivity contribution in [2.24, 2.45) is 34.0 Å². The first kappa shape index (κ1) is 35.1. The first-order chi connectivity index (χ1) is 23.6. The van der Waals surface area contributed by atoms with Crippen LogP contribution in [0.5, 0.6) is 0 Å². The third-order valence-electron chi connectivity index (χ3n) is 13.5. The zero-order chi connectivity index (χ0) is 35.7. The van der Waals surface area contributed by atoms with Crippen molar-refractivity contribution in [3.63, 3.8) is 0 Å². The van der Waals surface area contributed by atoms with E-state index in [0.29, 0.717) is 17.3 Å². The molecule has 11 heteroatoms. The van der Waals surface area contributed by atoms with Crippen LogP contribution in [0.15, 0.2) is 24.3 Å². The minimum absolute atomic E-state index is 0.124. The average molecular weight is 694 g/mol. The fourth-order valence-electron chi connectivity index (χ4n) is 11.8. The van der Waals surface area contributed by atoms with Crippen molar-refractivity contribution >= 4 is 29.7 Å². The number of amides is 2. The SMILES string of the molecule is CC(=O)OC[C@H]1O[C@@H](O[C@H]2C[C@]34CC[C@H]5C(C)(C)CCC[C@]5(C)[C@H]3CC[C@H]2C4)[C@H](N2C(=O)c3ccccc3C2=O)[C@@H](OC(C)=O)[C@@H]1OC(C)=O. The van der Waals surface area contributed by atoms with Gasteiger partial charge >= 0.3 is 17.9 Å². The first-order valence-electron chi connectivity index (χ1n) is 18.4. The van der Waals surface area contributed by atoms with Crippen LogP contribution >= 0.6 is 0 Å². The Balaban J connectivity index is 1.25. The standard InChI is InChI=1S/C39H51NO10/c1-21(41)46-20-28-32(47-22(2)42)33(48-23(3)43)31(40-34(44)25-10-7-8-11-26(25)35(40)45)36(50-28)49-27-19-39-17-14-29-37(4,5)15-9-16-38(29,6)30(39)13-12-24(27)18-39/h7-8,10-11,24,27-33,36H,9,12-20H2,1-6H3/t24-,27-,28+,29-,30+,31+,32+,33+,36+,38-,39+/m0/s1. The molecule has 5 fully saturated rings. The zero-order valence-electron chi connectivity index (χ0n) is 30.1. The van der Waals surface area contributed by atoms with Gasteiger partial charge in [-0.2, -0.15) is 0 Å². The number of carbonyl (C=O) groups is 5. The van der Waals surface area contributed by atoms with Gasteiger partial charge < -0.3 is 23.7 Å². The van der Waals surface area contributed by atoms with Gasteiger partial charge in [-0.3, -0.25) is 28.9 Å². The molecule has 4 saturated carbocycles. The van der Waals surface area contributed by atoms with Crippen LogP contribution in [-0.4, -0.2) is 78.0 Å². The maximum Gasteiger partial charge on any atom is 0.303 e. The van der Waals surface area contributed by atoms with E-state index in [1.807, 2.05) is 0 Å². The van der Waals surface area contributed by atoms with E-state index in [0.717, 1.165) is 37.0 Å². The van der Waals surface area contributed by atoms with Gasteiger partial charge in [0.2, 0.25) is 0 Å². The Bertz CT molecular complexity index is 1540. The lowest BCUT2D eigenvalue weighted by molar-refractivity contribution is -0.298. The number of carbonyl (C=O) groups excluding carboxylic acids is 5. The predicted octanol–water partition coefficient (Wildman–Crippen LogP) is 5.62.